The molecule has 3 nitrogen and oxygen atoms in total. The van der Waals surface area contributed by atoms with Gasteiger partial charge in [0.15, 0.2) is 0 Å². The summed E-state index contributed by atoms with van der Waals surface area (Å²) in [7, 11) is 0. The summed E-state index contributed by atoms with van der Waals surface area (Å²) in [5, 5.41) is 2.52. The number of hydrogen-bond acceptors (Lipinski definition) is 1. The van der Waals surface area contributed by atoms with Crippen molar-refractivity contribution in [3.63, 3.8) is 0 Å². The van der Waals surface area contributed by atoms with E-state index in [4.69, 9.17) is 4.98 Å². The van der Waals surface area contributed by atoms with Crippen LogP contribution in [0.3, 0.4) is 0 Å². The Morgan fingerprint density at radius 1 is 0.375 bits per heavy atom. The van der Waals surface area contributed by atoms with E-state index in [9.17, 15) is 0 Å². The Morgan fingerprint density at radius 3 is 1.77 bits per heavy atom. The zero-order valence-corrected chi connectivity index (χ0v) is 21.8. The molecule has 0 amide bonds. The third kappa shape index (κ3) is 3.56. The zero-order chi connectivity index (χ0) is 26.5. The van der Waals surface area contributed by atoms with Gasteiger partial charge in [0.05, 0.1) is 22.1 Å². The minimum atomic E-state index is 0.939. The normalized spacial score (nSPS) is 11.5. The average molecular weight is 512 g/mol. The van der Waals surface area contributed by atoms with E-state index >= 15 is 0 Å². The van der Waals surface area contributed by atoms with Crippen molar-refractivity contribution in [3.8, 4) is 33.9 Å². The molecule has 188 valence electrons. The Hall–Kier alpha value is -5.41. The highest BCUT2D eigenvalue weighted by Gasteiger charge is 2.16. The van der Waals surface area contributed by atoms with E-state index in [1.807, 2.05) is 12.1 Å². The number of imidazole rings is 1. The molecule has 8 rings (SSSR count). The van der Waals surface area contributed by atoms with E-state index in [2.05, 4.69) is 149 Å². The molecule has 0 bridgehead atoms. The molecule has 0 radical (unpaired) electrons. The molecule has 0 N–H and O–H groups in total. The van der Waals surface area contributed by atoms with Crippen LogP contribution in [0.5, 0.6) is 0 Å². The van der Waals surface area contributed by atoms with Crippen molar-refractivity contribution in [1.29, 1.82) is 0 Å². The van der Waals surface area contributed by atoms with Gasteiger partial charge in [-0.2, -0.15) is 0 Å². The van der Waals surface area contributed by atoms with Crippen LogP contribution in [0.2, 0.25) is 0 Å². The maximum atomic E-state index is 5.09. The van der Waals surface area contributed by atoms with Crippen LogP contribution in [-0.2, 0) is 0 Å². The van der Waals surface area contributed by atoms with Crippen LogP contribution in [0.1, 0.15) is 0 Å². The number of rotatable bonds is 4. The average Bonchev–Trinajstić information content (AvgIpc) is 3.58. The second-order valence-corrected chi connectivity index (χ2v) is 10.1. The fourth-order valence-electron chi connectivity index (χ4n) is 5.90. The Morgan fingerprint density at radius 2 is 0.975 bits per heavy atom. The van der Waals surface area contributed by atoms with Crippen LogP contribution in [0.4, 0.5) is 0 Å². The minimum Gasteiger partial charge on any atom is -0.309 e. The molecule has 0 unspecified atom stereocenters. The van der Waals surface area contributed by atoms with Crippen LogP contribution in [-0.4, -0.2) is 14.1 Å². The highest BCUT2D eigenvalue weighted by Crippen LogP contribution is 2.36. The van der Waals surface area contributed by atoms with Gasteiger partial charge >= 0.3 is 0 Å². The first-order valence-electron chi connectivity index (χ1n) is 13.6. The molecule has 0 aliphatic carbocycles. The van der Waals surface area contributed by atoms with Crippen LogP contribution in [0, 0.1) is 0 Å². The molecule has 6 aromatic carbocycles. The number of para-hydroxylation sites is 5. The van der Waals surface area contributed by atoms with Crippen molar-refractivity contribution in [1.82, 2.24) is 14.1 Å². The van der Waals surface area contributed by atoms with E-state index in [-0.39, 0.29) is 0 Å². The van der Waals surface area contributed by atoms with Crippen molar-refractivity contribution >= 4 is 32.8 Å². The van der Waals surface area contributed by atoms with Crippen molar-refractivity contribution in [2.75, 3.05) is 0 Å². The molecule has 2 aromatic heterocycles. The smallest absolute Gasteiger partial charge is 0.145 e. The molecule has 0 aliphatic rings. The summed E-state index contributed by atoms with van der Waals surface area (Å²) >= 11 is 0. The standard InChI is InChI=1S/C37H25N3/c1-3-14-29(15-4-1)39-34-20-9-7-18-31(34)32-23-22-27(25-36(32)39)26-12-11-13-28(24-26)37-38-33-19-8-10-21-35(33)40(37)30-16-5-2-6-17-30/h1-25H. The Labute approximate surface area is 232 Å². The number of hydrogen-bond donors (Lipinski definition) is 0. The van der Waals surface area contributed by atoms with Crippen LogP contribution in [0.25, 0.3) is 66.7 Å². The quantitative estimate of drug-likeness (QED) is 0.231. The Balaban J connectivity index is 1.33. The van der Waals surface area contributed by atoms with Gasteiger partial charge in [-0.1, -0.05) is 97.1 Å². The molecule has 40 heavy (non-hydrogen) atoms. The third-order valence-electron chi connectivity index (χ3n) is 7.72. The van der Waals surface area contributed by atoms with Gasteiger partial charge in [-0.15, -0.1) is 0 Å². The number of benzene rings is 6. The van der Waals surface area contributed by atoms with E-state index in [0.717, 1.165) is 39.4 Å². The lowest BCUT2D eigenvalue weighted by atomic mass is 10.0. The van der Waals surface area contributed by atoms with Crippen LogP contribution >= 0.6 is 0 Å². The predicted octanol–water partition coefficient (Wildman–Crippen LogP) is 9.46. The molecule has 8 aromatic rings. The van der Waals surface area contributed by atoms with E-state index in [1.165, 1.54) is 27.4 Å². The summed E-state index contributed by atoms with van der Waals surface area (Å²) < 4.78 is 4.62. The van der Waals surface area contributed by atoms with Gasteiger partial charge in [0.2, 0.25) is 0 Å². The predicted molar refractivity (Wildman–Crippen MR) is 166 cm³/mol. The summed E-state index contributed by atoms with van der Waals surface area (Å²) in [4.78, 5) is 5.09. The second kappa shape index (κ2) is 9.11. The molecule has 3 heteroatoms. The summed E-state index contributed by atoms with van der Waals surface area (Å²) in [6.45, 7) is 0. The van der Waals surface area contributed by atoms with Crippen molar-refractivity contribution in [2.45, 2.75) is 0 Å². The molecule has 0 saturated heterocycles. The van der Waals surface area contributed by atoms with Gasteiger partial charge in [0.25, 0.3) is 0 Å². The van der Waals surface area contributed by atoms with Crippen molar-refractivity contribution < 1.29 is 0 Å². The van der Waals surface area contributed by atoms with Gasteiger partial charge in [0, 0.05) is 27.7 Å². The number of aromatic nitrogens is 3. The largest absolute Gasteiger partial charge is 0.309 e. The molecule has 0 aliphatic heterocycles. The lowest BCUT2D eigenvalue weighted by Crippen LogP contribution is -1.97. The molecule has 0 fully saturated rings. The van der Waals surface area contributed by atoms with Crippen LogP contribution < -0.4 is 0 Å². The fraction of sp³-hybridized carbons (Fsp3) is 0. The molecular formula is C37H25N3. The van der Waals surface area contributed by atoms with Crippen LogP contribution in [0.15, 0.2) is 152 Å². The molecule has 0 saturated carbocycles. The SMILES string of the molecule is c1ccc(-n2c(-c3cccc(-c4ccc5c6ccccc6n(-c6ccccc6)c5c4)c3)nc3ccccc32)cc1. The molecule has 0 spiro atoms. The minimum absolute atomic E-state index is 0.939. The fourth-order valence-corrected chi connectivity index (χ4v) is 5.90. The van der Waals surface area contributed by atoms with E-state index in [0.29, 0.717) is 0 Å². The second-order valence-electron chi connectivity index (χ2n) is 10.1. The lowest BCUT2D eigenvalue weighted by molar-refractivity contribution is 1.10. The van der Waals surface area contributed by atoms with E-state index in [1.54, 1.807) is 0 Å². The summed E-state index contributed by atoms with van der Waals surface area (Å²) in [6.07, 6.45) is 0. The lowest BCUT2D eigenvalue weighted by Gasteiger charge is -2.11. The van der Waals surface area contributed by atoms with Crippen molar-refractivity contribution in [3.05, 3.63) is 152 Å². The summed E-state index contributed by atoms with van der Waals surface area (Å²) in [6, 6.07) is 53.6. The molecular weight excluding hydrogens is 486 g/mol. The first kappa shape index (κ1) is 22.6. The maximum Gasteiger partial charge on any atom is 0.145 e. The van der Waals surface area contributed by atoms with Gasteiger partial charge in [0.1, 0.15) is 5.82 Å². The number of fused-ring (bicyclic) bond motifs is 4. The molecule has 0 atom stereocenters. The summed E-state index contributed by atoms with van der Waals surface area (Å²) in [5.74, 6) is 0.939. The monoisotopic (exact) mass is 511 g/mol. The highest BCUT2D eigenvalue weighted by molar-refractivity contribution is 6.10. The first-order chi connectivity index (χ1) is 19.8. The van der Waals surface area contributed by atoms with Crippen molar-refractivity contribution in [2.24, 2.45) is 0 Å². The third-order valence-corrected chi connectivity index (χ3v) is 7.72. The van der Waals surface area contributed by atoms with E-state index < -0.39 is 0 Å². The van der Waals surface area contributed by atoms with Gasteiger partial charge in [-0.3, -0.25) is 4.57 Å². The zero-order valence-electron chi connectivity index (χ0n) is 21.8. The maximum absolute atomic E-state index is 5.09. The Bertz CT molecular complexity index is 2150. The topological polar surface area (TPSA) is 22.8 Å². The molecule has 2 heterocycles. The van der Waals surface area contributed by atoms with Gasteiger partial charge in [-0.05, 0) is 65.7 Å². The summed E-state index contributed by atoms with van der Waals surface area (Å²) in [5.41, 5.74) is 10.2. The Kier molecular flexibility index (Phi) is 5.14. The first-order valence-corrected chi connectivity index (χ1v) is 13.6. The van der Waals surface area contributed by atoms with Gasteiger partial charge in [-0.25, -0.2) is 4.98 Å². The highest BCUT2D eigenvalue weighted by atomic mass is 15.1. The van der Waals surface area contributed by atoms with Gasteiger partial charge < -0.3 is 4.57 Å². The number of nitrogens with zero attached hydrogens (tertiary/aromatic N) is 3.